The normalized spacial score (nSPS) is 11.5. The molecule has 2 rings (SSSR count). The van der Waals surface area contributed by atoms with Gasteiger partial charge in [-0.1, -0.05) is 24.3 Å². The second kappa shape index (κ2) is 9.61. The molecule has 0 aliphatic heterocycles. The van der Waals surface area contributed by atoms with Gasteiger partial charge in [0.1, 0.15) is 5.69 Å². The van der Waals surface area contributed by atoms with Crippen LogP contribution in [0.15, 0.2) is 45.4 Å². The molecule has 0 spiro atoms. The molecule has 0 saturated heterocycles. The quantitative estimate of drug-likeness (QED) is 0.531. The van der Waals surface area contributed by atoms with Crippen LogP contribution in [0.25, 0.3) is 11.8 Å². The number of alkyl halides is 3. The zero-order valence-corrected chi connectivity index (χ0v) is 16.6. The average molecular weight is 438 g/mol. The summed E-state index contributed by atoms with van der Waals surface area (Å²) in [7, 11) is 3.98. The Morgan fingerprint density at radius 2 is 1.89 bits per heavy atom. The highest BCUT2D eigenvalue weighted by Crippen LogP contribution is 2.27. The molecule has 0 unspecified atom stereocenters. The second-order valence-electron chi connectivity index (χ2n) is 5.13. The number of hydrogen-bond donors (Lipinski definition) is 0. The van der Waals surface area contributed by atoms with Crippen LogP contribution in [0.5, 0.6) is 0 Å². The number of halogens is 5. The highest BCUT2D eigenvalue weighted by Gasteiger charge is 2.35. The van der Waals surface area contributed by atoms with Crippen molar-refractivity contribution in [1.82, 2.24) is 9.13 Å². The first-order valence-electron chi connectivity index (χ1n) is 7.46. The van der Waals surface area contributed by atoms with E-state index in [9.17, 15) is 22.8 Å². The lowest BCUT2D eigenvalue weighted by Gasteiger charge is -2.14. The van der Waals surface area contributed by atoms with Crippen molar-refractivity contribution in [3.8, 4) is 5.69 Å². The van der Waals surface area contributed by atoms with Gasteiger partial charge in [-0.05, 0) is 35.4 Å². The van der Waals surface area contributed by atoms with E-state index in [2.05, 4.69) is 16.3 Å². The minimum atomic E-state index is -4.79. The Kier molecular flexibility index (Phi) is 8.07. The lowest BCUT2D eigenvalue weighted by atomic mass is 10.2. The largest absolute Gasteiger partial charge is 0.473 e. The summed E-state index contributed by atoms with van der Waals surface area (Å²) in [6.45, 7) is 3.53. The van der Waals surface area contributed by atoms with Gasteiger partial charge >= 0.3 is 11.9 Å². The van der Waals surface area contributed by atoms with Crippen molar-refractivity contribution < 1.29 is 17.9 Å². The summed E-state index contributed by atoms with van der Waals surface area (Å²) in [4.78, 5) is 27.5. The van der Waals surface area contributed by atoms with Crippen LogP contribution >= 0.6 is 23.2 Å². The number of aromatic nitrogens is 2. The fourth-order valence-corrected chi connectivity index (χ4v) is 2.25. The van der Waals surface area contributed by atoms with Gasteiger partial charge in [0, 0.05) is 25.2 Å². The van der Waals surface area contributed by atoms with E-state index in [-0.39, 0.29) is 11.0 Å². The Morgan fingerprint density at radius 3 is 2.32 bits per heavy atom. The van der Waals surface area contributed by atoms with Gasteiger partial charge in [-0.25, -0.2) is 14.4 Å². The third-order valence-electron chi connectivity index (χ3n) is 3.41. The molecular weight excluding hydrogens is 422 g/mol. The molecule has 1 aromatic heterocycles. The van der Waals surface area contributed by atoms with Gasteiger partial charge in [0.25, 0.3) is 10.9 Å². The van der Waals surface area contributed by atoms with Gasteiger partial charge in [-0.15, -0.1) is 0 Å². The first-order chi connectivity index (χ1) is 13.0. The van der Waals surface area contributed by atoms with Gasteiger partial charge < -0.3 is 4.74 Å². The van der Waals surface area contributed by atoms with Gasteiger partial charge in [0.05, 0.1) is 12.8 Å². The molecule has 0 aliphatic rings. The topological polar surface area (TPSA) is 65.6 Å². The van der Waals surface area contributed by atoms with E-state index in [1.54, 1.807) is 7.05 Å². The Labute approximate surface area is 168 Å². The lowest BCUT2D eigenvalue weighted by molar-refractivity contribution is -0.144. The molecule has 1 aromatic carbocycles. The molecule has 0 amide bonds. The Morgan fingerprint density at radius 1 is 1.29 bits per heavy atom. The van der Waals surface area contributed by atoms with Crippen molar-refractivity contribution in [3.63, 3.8) is 0 Å². The van der Waals surface area contributed by atoms with Gasteiger partial charge in [-0.2, -0.15) is 13.2 Å². The summed E-state index contributed by atoms with van der Waals surface area (Å²) in [5.74, 6) is 0. The van der Waals surface area contributed by atoms with E-state index in [1.165, 1.54) is 31.4 Å². The highest BCUT2D eigenvalue weighted by atomic mass is 35.5. The molecule has 11 heteroatoms. The molecule has 0 bridgehead atoms. The fraction of sp³-hybridized carbons (Fsp3) is 0.235. The summed E-state index contributed by atoms with van der Waals surface area (Å²) in [5, 5.41) is 0.533. The third-order valence-corrected chi connectivity index (χ3v) is 4.08. The maximum Gasteiger partial charge on any atom is 0.431 e. The molecule has 0 atom stereocenters. The molecule has 2 aromatic rings. The molecule has 0 saturated carbocycles. The molecule has 1 heterocycles. The van der Waals surface area contributed by atoms with E-state index in [1.807, 2.05) is 0 Å². The first kappa shape index (κ1) is 23.5. The summed E-state index contributed by atoms with van der Waals surface area (Å²) in [5.41, 5.74) is -2.92. The number of ether oxygens (including phenoxy) is 1. The Balaban J connectivity index is 0.000000568. The maximum absolute atomic E-state index is 12.8. The smallest absolute Gasteiger partial charge is 0.431 e. The molecule has 152 valence electrons. The van der Waals surface area contributed by atoms with Crippen LogP contribution in [0, 0.1) is 0 Å². The predicted octanol–water partition coefficient (Wildman–Crippen LogP) is 3.71. The summed E-state index contributed by atoms with van der Waals surface area (Å²) < 4.78 is 43.8. The Bertz CT molecular complexity index is 1010. The van der Waals surface area contributed by atoms with Crippen molar-refractivity contribution in [2.75, 3.05) is 14.2 Å². The van der Waals surface area contributed by atoms with Crippen molar-refractivity contribution in [3.05, 3.63) is 68.0 Å². The number of aliphatic imine (C=N–C) groups is 1. The van der Waals surface area contributed by atoms with Crippen LogP contribution in [-0.2, 0) is 18.0 Å². The van der Waals surface area contributed by atoms with Gasteiger partial charge in [0.15, 0.2) is 0 Å². The minimum Gasteiger partial charge on any atom is -0.473 e. The van der Waals surface area contributed by atoms with Crippen LogP contribution < -0.4 is 11.2 Å². The third kappa shape index (κ3) is 5.49. The van der Waals surface area contributed by atoms with E-state index in [0.29, 0.717) is 25.8 Å². The predicted molar refractivity (Wildman–Crippen MR) is 104 cm³/mol. The van der Waals surface area contributed by atoms with Crippen LogP contribution in [0.1, 0.15) is 11.3 Å². The molecule has 6 nitrogen and oxygen atoms in total. The molecule has 0 N–H and O–H groups in total. The van der Waals surface area contributed by atoms with Crippen molar-refractivity contribution in [2.24, 2.45) is 12.0 Å². The van der Waals surface area contributed by atoms with Crippen LogP contribution in [0.4, 0.5) is 13.2 Å². The highest BCUT2D eigenvalue weighted by molar-refractivity contribution is 6.62. The SMILES string of the molecule is C=Cc1cc(-n2c(=O)cc(C(F)(F)F)n(C)c2=O)ccc1Cl.CN=C(Cl)OC. The van der Waals surface area contributed by atoms with Crippen LogP contribution in [-0.4, -0.2) is 28.6 Å². The minimum absolute atomic E-state index is 0.110. The number of hydrogen-bond acceptors (Lipinski definition) is 4. The monoisotopic (exact) mass is 437 g/mol. The Hall–Kier alpha value is -2.52. The summed E-state index contributed by atoms with van der Waals surface area (Å²) >= 11 is 11.1. The van der Waals surface area contributed by atoms with E-state index < -0.39 is 23.1 Å². The van der Waals surface area contributed by atoms with E-state index >= 15 is 0 Å². The second-order valence-corrected chi connectivity index (χ2v) is 5.86. The first-order valence-corrected chi connectivity index (χ1v) is 8.22. The fourth-order valence-electron chi connectivity index (χ4n) is 2.05. The lowest BCUT2D eigenvalue weighted by Crippen LogP contribution is -2.40. The molecule has 0 fully saturated rings. The summed E-state index contributed by atoms with van der Waals surface area (Å²) in [6.07, 6.45) is -3.39. The molecule has 0 radical (unpaired) electrons. The van der Waals surface area contributed by atoms with E-state index in [0.717, 1.165) is 7.05 Å². The number of methoxy groups -OCH3 is 1. The molecular formula is C17H16Cl2F3N3O3. The maximum atomic E-state index is 12.8. The number of nitrogens with zero attached hydrogens (tertiary/aromatic N) is 3. The van der Waals surface area contributed by atoms with Crippen molar-refractivity contribution >= 4 is 34.6 Å². The van der Waals surface area contributed by atoms with Gasteiger partial charge in [0.2, 0.25) is 0 Å². The van der Waals surface area contributed by atoms with Crippen molar-refractivity contribution in [1.29, 1.82) is 0 Å². The van der Waals surface area contributed by atoms with E-state index in [4.69, 9.17) is 23.2 Å². The average Bonchev–Trinajstić information content (AvgIpc) is 2.64. The zero-order valence-electron chi connectivity index (χ0n) is 15.1. The van der Waals surface area contributed by atoms with Gasteiger partial charge in [-0.3, -0.25) is 9.36 Å². The number of benzene rings is 1. The number of rotatable bonds is 2. The zero-order chi connectivity index (χ0) is 21.6. The standard InChI is InChI=1S/C14H10ClF3N2O2.C3H6ClNO/c1-3-8-6-9(4-5-10(8)15)20-12(21)7-11(14(16,17)18)19(2)13(20)22;1-5-3(4)6-2/h3-7H,1H2,2H3;1-2H3. The van der Waals surface area contributed by atoms with Crippen LogP contribution in [0.2, 0.25) is 5.02 Å². The summed E-state index contributed by atoms with van der Waals surface area (Å²) in [6, 6.07) is 4.57. The molecule has 28 heavy (non-hydrogen) atoms. The molecule has 0 aliphatic carbocycles. The van der Waals surface area contributed by atoms with Crippen LogP contribution in [0.3, 0.4) is 0 Å². The van der Waals surface area contributed by atoms with Crippen molar-refractivity contribution in [2.45, 2.75) is 6.18 Å².